The molecule has 3 heteroatoms. The maximum atomic E-state index is 5.97. The highest BCUT2D eigenvalue weighted by Crippen LogP contribution is 2.26. The molecule has 0 unspecified atom stereocenters. The average molecular weight is 277 g/mol. The normalized spacial score (nSPS) is 10.7. The maximum absolute atomic E-state index is 5.97. The maximum Gasteiger partial charge on any atom is 0.0951 e. The number of anilines is 2. The average Bonchev–Trinajstić information content (AvgIpc) is 2.50. The van der Waals surface area contributed by atoms with E-state index >= 15 is 0 Å². The van der Waals surface area contributed by atoms with Gasteiger partial charge in [-0.1, -0.05) is 29.8 Å². The standard InChI is InChI=1S/C18H19N3/c1-13-4-2-5-14(12-13)9-11-20-17-8-7-16(19)18-15(17)6-3-10-21-18/h2-8,10,12,20H,9,11,19H2,1H3. The van der Waals surface area contributed by atoms with Crippen LogP contribution in [0.1, 0.15) is 11.1 Å². The van der Waals surface area contributed by atoms with Gasteiger partial charge in [-0.25, -0.2) is 0 Å². The third-order valence-corrected chi connectivity index (χ3v) is 3.61. The molecule has 106 valence electrons. The summed E-state index contributed by atoms with van der Waals surface area (Å²) in [6.45, 7) is 3.01. The van der Waals surface area contributed by atoms with Crippen molar-refractivity contribution in [2.24, 2.45) is 0 Å². The van der Waals surface area contributed by atoms with Gasteiger partial charge in [0.1, 0.15) is 0 Å². The van der Waals surface area contributed by atoms with E-state index in [2.05, 4.69) is 41.5 Å². The second-order valence-corrected chi connectivity index (χ2v) is 5.27. The van der Waals surface area contributed by atoms with Crippen LogP contribution >= 0.6 is 0 Å². The molecular formula is C18H19N3. The zero-order valence-electron chi connectivity index (χ0n) is 12.1. The molecule has 3 N–H and O–H groups in total. The van der Waals surface area contributed by atoms with Gasteiger partial charge >= 0.3 is 0 Å². The Bertz CT molecular complexity index is 765. The summed E-state index contributed by atoms with van der Waals surface area (Å²) in [5.41, 5.74) is 11.3. The molecule has 1 heterocycles. The number of nitrogen functional groups attached to an aromatic ring is 1. The molecule has 3 nitrogen and oxygen atoms in total. The van der Waals surface area contributed by atoms with E-state index < -0.39 is 0 Å². The Morgan fingerprint density at radius 3 is 2.86 bits per heavy atom. The largest absolute Gasteiger partial charge is 0.397 e. The molecule has 0 atom stereocenters. The van der Waals surface area contributed by atoms with Gasteiger partial charge in [0.2, 0.25) is 0 Å². The minimum atomic E-state index is 0.717. The van der Waals surface area contributed by atoms with Crippen molar-refractivity contribution in [3.8, 4) is 0 Å². The van der Waals surface area contributed by atoms with E-state index in [-0.39, 0.29) is 0 Å². The van der Waals surface area contributed by atoms with Crippen molar-refractivity contribution in [2.75, 3.05) is 17.6 Å². The van der Waals surface area contributed by atoms with E-state index in [0.717, 1.165) is 35.2 Å². The second kappa shape index (κ2) is 5.83. The monoisotopic (exact) mass is 277 g/mol. The first-order valence-corrected chi connectivity index (χ1v) is 7.16. The Labute approximate surface area is 124 Å². The van der Waals surface area contributed by atoms with Crippen molar-refractivity contribution >= 4 is 22.3 Å². The van der Waals surface area contributed by atoms with Gasteiger partial charge in [-0.05, 0) is 43.2 Å². The molecule has 0 aliphatic carbocycles. The Morgan fingerprint density at radius 1 is 1.10 bits per heavy atom. The predicted octanol–water partition coefficient (Wildman–Crippen LogP) is 3.78. The van der Waals surface area contributed by atoms with Gasteiger partial charge in [-0.2, -0.15) is 0 Å². The molecule has 1 aromatic heterocycles. The van der Waals surface area contributed by atoms with Crippen molar-refractivity contribution in [2.45, 2.75) is 13.3 Å². The van der Waals surface area contributed by atoms with Crippen LogP contribution in [-0.2, 0) is 6.42 Å². The fourth-order valence-corrected chi connectivity index (χ4v) is 2.56. The first-order chi connectivity index (χ1) is 10.2. The highest BCUT2D eigenvalue weighted by Gasteiger charge is 2.04. The number of pyridine rings is 1. The van der Waals surface area contributed by atoms with Crippen molar-refractivity contribution in [3.05, 3.63) is 65.9 Å². The summed E-state index contributed by atoms with van der Waals surface area (Å²) in [7, 11) is 0. The van der Waals surface area contributed by atoms with Crippen molar-refractivity contribution < 1.29 is 0 Å². The molecular weight excluding hydrogens is 258 g/mol. The zero-order chi connectivity index (χ0) is 14.7. The molecule has 0 radical (unpaired) electrons. The lowest BCUT2D eigenvalue weighted by Crippen LogP contribution is -2.06. The Morgan fingerprint density at radius 2 is 2.00 bits per heavy atom. The van der Waals surface area contributed by atoms with Gasteiger partial charge in [0.25, 0.3) is 0 Å². The lowest BCUT2D eigenvalue weighted by Gasteiger charge is -2.11. The number of nitrogens with one attached hydrogen (secondary N) is 1. The molecule has 0 bridgehead atoms. The number of hydrogen-bond donors (Lipinski definition) is 2. The summed E-state index contributed by atoms with van der Waals surface area (Å²) in [5, 5.41) is 4.56. The summed E-state index contributed by atoms with van der Waals surface area (Å²) in [4.78, 5) is 4.35. The summed E-state index contributed by atoms with van der Waals surface area (Å²) in [6, 6.07) is 16.5. The van der Waals surface area contributed by atoms with Crippen LogP contribution in [0.5, 0.6) is 0 Å². The molecule has 0 saturated carbocycles. The van der Waals surface area contributed by atoms with Gasteiger partial charge in [-0.3, -0.25) is 4.98 Å². The first kappa shape index (κ1) is 13.4. The summed E-state index contributed by atoms with van der Waals surface area (Å²) in [5.74, 6) is 0. The Kier molecular flexibility index (Phi) is 3.73. The van der Waals surface area contributed by atoms with Crippen LogP contribution < -0.4 is 11.1 Å². The van der Waals surface area contributed by atoms with Crippen LogP contribution in [0, 0.1) is 6.92 Å². The Balaban J connectivity index is 1.75. The minimum Gasteiger partial charge on any atom is -0.397 e. The SMILES string of the molecule is Cc1cccc(CCNc2ccc(N)c3ncccc23)c1. The number of aromatic nitrogens is 1. The van der Waals surface area contributed by atoms with Crippen LogP contribution in [0.3, 0.4) is 0 Å². The van der Waals surface area contributed by atoms with E-state index in [9.17, 15) is 0 Å². The second-order valence-electron chi connectivity index (χ2n) is 5.27. The van der Waals surface area contributed by atoms with Gasteiger partial charge < -0.3 is 11.1 Å². The number of nitrogens with two attached hydrogens (primary N) is 1. The highest BCUT2D eigenvalue weighted by molar-refractivity contribution is 5.98. The van der Waals surface area contributed by atoms with Gasteiger partial charge in [0, 0.05) is 23.8 Å². The van der Waals surface area contributed by atoms with Crippen LogP contribution in [-0.4, -0.2) is 11.5 Å². The third kappa shape index (κ3) is 2.97. The molecule has 0 saturated heterocycles. The topological polar surface area (TPSA) is 50.9 Å². The molecule has 3 aromatic rings. The summed E-state index contributed by atoms with van der Waals surface area (Å²) >= 11 is 0. The lowest BCUT2D eigenvalue weighted by molar-refractivity contribution is 1.02. The number of rotatable bonds is 4. The van der Waals surface area contributed by atoms with Crippen LogP contribution in [0.15, 0.2) is 54.7 Å². The molecule has 0 fully saturated rings. The van der Waals surface area contributed by atoms with Gasteiger partial charge in [-0.15, -0.1) is 0 Å². The number of hydrogen-bond acceptors (Lipinski definition) is 3. The molecule has 0 aliphatic heterocycles. The molecule has 3 rings (SSSR count). The zero-order valence-corrected chi connectivity index (χ0v) is 12.1. The number of fused-ring (bicyclic) bond motifs is 1. The molecule has 2 aromatic carbocycles. The van der Waals surface area contributed by atoms with Crippen molar-refractivity contribution in [1.82, 2.24) is 4.98 Å². The van der Waals surface area contributed by atoms with E-state index in [1.165, 1.54) is 11.1 Å². The van der Waals surface area contributed by atoms with Gasteiger partial charge in [0.15, 0.2) is 0 Å². The first-order valence-electron chi connectivity index (χ1n) is 7.16. The van der Waals surface area contributed by atoms with Crippen molar-refractivity contribution in [1.29, 1.82) is 0 Å². The predicted molar refractivity (Wildman–Crippen MR) is 89.5 cm³/mol. The van der Waals surface area contributed by atoms with Crippen LogP contribution in [0.4, 0.5) is 11.4 Å². The molecule has 0 aliphatic rings. The molecule has 21 heavy (non-hydrogen) atoms. The van der Waals surface area contributed by atoms with E-state index in [4.69, 9.17) is 5.73 Å². The number of benzene rings is 2. The lowest BCUT2D eigenvalue weighted by atomic mass is 10.1. The van der Waals surface area contributed by atoms with E-state index in [1.807, 2.05) is 24.3 Å². The quantitative estimate of drug-likeness (QED) is 0.713. The molecule has 0 spiro atoms. The summed E-state index contributed by atoms with van der Waals surface area (Å²) < 4.78 is 0. The van der Waals surface area contributed by atoms with Crippen molar-refractivity contribution in [3.63, 3.8) is 0 Å². The van der Waals surface area contributed by atoms with Crippen LogP contribution in [0.2, 0.25) is 0 Å². The van der Waals surface area contributed by atoms with E-state index in [0.29, 0.717) is 0 Å². The Hall–Kier alpha value is -2.55. The number of aryl methyl sites for hydroxylation is 1. The third-order valence-electron chi connectivity index (χ3n) is 3.61. The fourth-order valence-electron chi connectivity index (χ4n) is 2.56. The highest BCUT2D eigenvalue weighted by atomic mass is 14.9. The smallest absolute Gasteiger partial charge is 0.0951 e. The fraction of sp³-hybridized carbons (Fsp3) is 0.167. The summed E-state index contributed by atoms with van der Waals surface area (Å²) in [6.07, 6.45) is 2.77. The minimum absolute atomic E-state index is 0.717. The molecule has 0 amide bonds. The number of nitrogens with zero attached hydrogens (tertiary/aromatic N) is 1. The van der Waals surface area contributed by atoms with Crippen LogP contribution in [0.25, 0.3) is 10.9 Å². The van der Waals surface area contributed by atoms with Gasteiger partial charge in [0.05, 0.1) is 11.2 Å². The van der Waals surface area contributed by atoms with E-state index in [1.54, 1.807) is 6.20 Å².